The van der Waals surface area contributed by atoms with Crippen LogP contribution in [0.25, 0.3) is 0 Å². The van der Waals surface area contributed by atoms with Crippen LogP contribution >= 0.6 is 0 Å². The SMILES string of the molecule is CN(C)Cc1cc(CC2(O)CNC2)ccc1O. The average Bonchev–Trinajstić information content (AvgIpc) is 2.20. The minimum absolute atomic E-state index is 0.321. The number of β-amino-alcohol motifs (C(OH)–C–C–N with tert-alkyl or cyclic N) is 1. The molecule has 17 heavy (non-hydrogen) atoms. The molecular weight excluding hydrogens is 216 g/mol. The lowest BCUT2D eigenvalue weighted by Crippen LogP contribution is -2.60. The second-order valence-corrected chi connectivity index (χ2v) is 5.21. The van der Waals surface area contributed by atoms with Crippen LogP contribution in [0.5, 0.6) is 5.75 Å². The Morgan fingerprint density at radius 2 is 2.06 bits per heavy atom. The quantitative estimate of drug-likeness (QED) is 0.705. The summed E-state index contributed by atoms with van der Waals surface area (Å²) >= 11 is 0. The van der Waals surface area contributed by atoms with Gasteiger partial charge in [-0.3, -0.25) is 0 Å². The second-order valence-electron chi connectivity index (χ2n) is 5.21. The Balaban J connectivity index is 2.12. The molecule has 0 saturated carbocycles. The number of nitrogens with zero attached hydrogens (tertiary/aromatic N) is 1. The third-order valence-electron chi connectivity index (χ3n) is 3.07. The van der Waals surface area contributed by atoms with E-state index in [9.17, 15) is 10.2 Å². The molecule has 3 N–H and O–H groups in total. The molecule has 2 rings (SSSR count). The van der Waals surface area contributed by atoms with E-state index < -0.39 is 5.60 Å². The number of phenolic OH excluding ortho intramolecular Hbond substituents is 1. The summed E-state index contributed by atoms with van der Waals surface area (Å²) in [7, 11) is 3.94. The fraction of sp³-hybridized carbons (Fsp3) is 0.538. The predicted octanol–water partition coefficient (Wildman–Crippen LogP) is 0.331. The molecule has 1 aliphatic heterocycles. The summed E-state index contributed by atoms with van der Waals surface area (Å²) in [6, 6.07) is 5.57. The van der Waals surface area contributed by atoms with Gasteiger partial charge in [0.1, 0.15) is 5.75 Å². The molecule has 1 aromatic carbocycles. The molecule has 1 saturated heterocycles. The number of aliphatic hydroxyl groups is 1. The van der Waals surface area contributed by atoms with Crippen molar-refractivity contribution < 1.29 is 10.2 Å². The molecule has 0 unspecified atom stereocenters. The van der Waals surface area contributed by atoms with E-state index in [-0.39, 0.29) is 0 Å². The van der Waals surface area contributed by atoms with Crippen LogP contribution in [0, 0.1) is 0 Å². The van der Waals surface area contributed by atoms with E-state index in [1.54, 1.807) is 6.07 Å². The first-order chi connectivity index (χ1) is 7.98. The molecule has 4 nitrogen and oxygen atoms in total. The highest BCUT2D eigenvalue weighted by Crippen LogP contribution is 2.23. The highest BCUT2D eigenvalue weighted by atomic mass is 16.3. The highest BCUT2D eigenvalue weighted by molar-refractivity contribution is 5.37. The van der Waals surface area contributed by atoms with Crippen LogP contribution in [-0.2, 0) is 13.0 Å². The van der Waals surface area contributed by atoms with E-state index in [0.717, 1.165) is 11.1 Å². The molecule has 0 aromatic heterocycles. The lowest BCUT2D eigenvalue weighted by Gasteiger charge is -2.37. The lowest BCUT2D eigenvalue weighted by molar-refractivity contribution is -0.00904. The van der Waals surface area contributed by atoms with Crippen molar-refractivity contribution in [1.29, 1.82) is 0 Å². The van der Waals surface area contributed by atoms with Gasteiger partial charge in [-0.1, -0.05) is 12.1 Å². The highest BCUT2D eigenvalue weighted by Gasteiger charge is 2.34. The van der Waals surface area contributed by atoms with E-state index in [2.05, 4.69) is 5.32 Å². The van der Waals surface area contributed by atoms with E-state index >= 15 is 0 Å². The molecule has 1 fully saturated rings. The van der Waals surface area contributed by atoms with Crippen LogP contribution in [-0.4, -0.2) is 47.9 Å². The number of nitrogens with one attached hydrogen (secondary N) is 1. The van der Waals surface area contributed by atoms with Gasteiger partial charge in [-0.05, 0) is 25.7 Å². The lowest BCUT2D eigenvalue weighted by atomic mass is 9.88. The molecule has 1 aliphatic rings. The van der Waals surface area contributed by atoms with Crippen LogP contribution in [0.1, 0.15) is 11.1 Å². The molecule has 0 spiro atoms. The molecular formula is C13H20N2O2. The zero-order valence-corrected chi connectivity index (χ0v) is 10.4. The Kier molecular flexibility index (Phi) is 3.38. The Morgan fingerprint density at radius 1 is 1.35 bits per heavy atom. The van der Waals surface area contributed by atoms with Crippen molar-refractivity contribution in [2.75, 3.05) is 27.2 Å². The van der Waals surface area contributed by atoms with Crippen LogP contribution in [0.4, 0.5) is 0 Å². The van der Waals surface area contributed by atoms with Crippen molar-refractivity contribution in [3.05, 3.63) is 29.3 Å². The normalized spacial score (nSPS) is 18.1. The third-order valence-corrected chi connectivity index (χ3v) is 3.07. The van der Waals surface area contributed by atoms with Crippen molar-refractivity contribution in [3.8, 4) is 5.75 Å². The van der Waals surface area contributed by atoms with Gasteiger partial charge in [0, 0.05) is 31.6 Å². The van der Waals surface area contributed by atoms with Gasteiger partial charge < -0.3 is 20.4 Å². The zero-order valence-electron chi connectivity index (χ0n) is 10.4. The summed E-state index contributed by atoms with van der Waals surface area (Å²) in [5, 5.41) is 22.9. The molecule has 4 heteroatoms. The fourth-order valence-corrected chi connectivity index (χ4v) is 2.13. The molecule has 0 amide bonds. The van der Waals surface area contributed by atoms with Gasteiger partial charge in [-0.15, -0.1) is 0 Å². The van der Waals surface area contributed by atoms with Crippen LogP contribution in [0.3, 0.4) is 0 Å². The van der Waals surface area contributed by atoms with Crippen molar-refractivity contribution in [2.24, 2.45) is 0 Å². The Morgan fingerprint density at radius 3 is 2.59 bits per heavy atom. The maximum Gasteiger partial charge on any atom is 0.120 e. The number of benzene rings is 1. The number of hydrogen-bond donors (Lipinski definition) is 3. The largest absolute Gasteiger partial charge is 0.508 e. The zero-order chi connectivity index (χ0) is 12.5. The average molecular weight is 236 g/mol. The first-order valence-corrected chi connectivity index (χ1v) is 5.87. The molecule has 0 aliphatic carbocycles. The van der Waals surface area contributed by atoms with Gasteiger partial charge in [-0.25, -0.2) is 0 Å². The topological polar surface area (TPSA) is 55.7 Å². The fourth-order valence-electron chi connectivity index (χ4n) is 2.13. The van der Waals surface area contributed by atoms with E-state index in [0.29, 0.717) is 31.8 Å². The summed E-state index contributed by atoms with van der Waals surface area (Å²) < 4.78 is 0. The smallest absolute Gasteiger partial charge is 0.120 e. The van der Waals surface area contributed by atoms with Crippen molar-refractivity contribution in [1.82, 2.24) is 10.2 Å². The molecule has 0 radical (unpaired) electrons. The summed E-state index contributed by atoms with van der Waals surface area (Å²) in [4.78, 5) is 2.01. The van der Waals surface area contributed by atoms with E-state index in [1.807, 2.05) is 31.1 Å². The van der Waals surface area contributed by atoms with Gasteiger partial charge in [-0.2, -0.15) is 0 Å². The van der Waals surface area contributed by atoms with Gasteiger partial charge in [0.2, 0.25) is 0 Å². The van der Waals surface area contributed by atoms with Gasteiger partial charge in [0.05, 0.1) is 5.60 Å². The monoisotopic (exact) mass is 236 g/mol. The molecule has 1 heterocycles. The van der Waals surface area contributed by atoms with Gasteiger partial charge in [0.25, 0.3) is 0 Å². The van der Waals surface area contributed by atoms with Crippen LogP contribution in [0.15, 0.2) is 18.2 Å². The predicted molar refractivity (Wildman–Crippen MR) is 67.0 cm³/mol. The standard InChI is InChI=1S/C13H20N2O2/c1-15(2)7-11-5-10(3-4-12(11)16)6-13(17)8-14-9-13/h3-5,14,16-17H,6-9H2,1-2H3. The van der Waals surface area contributed by atoms with Crippen LogP contribution in [0.2, 0.25) is 0 Å². The van der Waals surface area contributed by atoms with Crippen molar-refractivity contribution >= 4 is 0 Å². The molecule has 0 atom stereocenters. The molecule has 1 aromatic rings. The summed E-state index contributed by atoms with van der Waals surface area (Å²) in [6.07, 6.45) is 0.640. The Labute approximate surface area is 102 Å². The Hall–Kier alpha value is -1.10. The van der Waals surface area contributed by atoms with E-state index in [4.69, 9.17) is 0 Å². The second kappa shape index (κ2) is 4.64. The van der Waals surface area contributed by atoms with Gasteiger partial charge >= 0.3 is 0 Å². The first-order valence-electron chi connectivity index (χ1n) is 5.87. The minimum Gasteiger partial charge on any atom is -0.508 e. The van der Waals surface area contributed by atoms with Gasteiger partial charge in [0.15, 0.2) is 0 Å². The minimum atomic E-state index is -0.605. The first kappa shape index (κ1) is 12.4. The maximum atomic E-state index is 10.1. The Bertz CT molecular complexity index is 400. The summed E-state index contributed by atoms with van der Waals surface area (Å²) in [6.45, 7) is 2.00. The number of rotatable bonds is 4. The summed E-state index contributed by atoms with van der Waals surface area (Å²) in [5.74, 6) is 0.321. The van der Waals surface area contributed by atoms with E-state index in [1.165, 1.54) is 0 Å². The third kappa shape index (κ3) is 2.97. The summed E-state index contributed by atoms with van der Waals surface area (Å²) in [5.41, 5.74) is 1.37. The van der Waals surface area contributed by atoms with Crippen molar-refractivity contribution in [3.63, 3.8) is 0 Å². The number of aromatic hydroxyl groups is 1. The number of phenols is 1. The molecule has 0 bridgehead atoms. The maximum absolute atomic E-state index is 10.1. The van der Waals surface area contributed by atoms with Crippen LogP contribution < -0.4 is 5.32 Å². The molecule has 94 valence electrons. The number of hydrogen-bond acceptors (Lipinski definition) is 4. The van der Waals surface area contributed by atoms with Crippen molar-refractivity contribution in [2.45, 2.75) is 18.6 Å².